The highest BCUT2D eigenvalue weighted by atomic mass is 79.9. The third kappa shape index (κ3) is 4.09. The topological polar surface area (TPSA) is 42.0 Å². The normalized spacial score (nSPS) is 28.4. The van der Waals surface area contributed by atoms with Gasteiger partial charge < -0.3 is 14.4 Å². The molecule has 1 amide bonds. The van der Waals surface area contributed by atoms with Crippen LogP contribution in [0.2, 0.25) is 0 Å². The second kappa shape index (κ2) is 8.19. The molecule has 5 nitrogen and oxygen atoms in total. The predicted molar refractivity (Wildman–Crippen MR) is 108 cm³/mol. The molecule has 3 aliphatic rings. The van der Waals surface area contributed by atoms with Crippen LogP contribution in [0.25, 0.3) is 0 Å². The zero-order chi connectivity index (χ0) is 18.9. The van der Waals surface area contributed by atoms with Crippen molar-refractivity contribution >= 4 is 21.8 Å². The van der Waals surface area contributed by atoms with Gasteiger partial charge >= 0.3 is 0 Å². The Morgan fingerprint density at radius 3 is 2.48 bits per heavy atom. The van der Waals surface area contributed by atoms with Gasteiger partial charge in [0, 0.05) is 42.0 Å². The minimum Gasteiger partial charge on any atom is -0.347 e. The number of carbonyl (C=O) groups is 1. The fourth-order valence-electron chi connectivity index (χ4n) is 4.90. The van der Waals surface area contributed by atoms with Gasteiger partial charge in [-0.15, -0.1) is 0 Å². The molecule has 4 rings (SSSR count). The van der Waals surface area contributed by atoms with E-state index in [-0.39, 0.29) is 11.9 Å². The number of nitrogens with zero attached hydrogens (tertiary/aromatic N) is 2. The third-order valence-electron chi connectivity index (χ3n) is 6.37. The van der Waals surface area contributed by atoms with Gasteiger partial charge in [-0.3, -0.25) is 9.69 Å². The summed E-state index contributed by atoms with van der Waals surface area (Å²) in [6.45, 7) is 3.59. The van der Waals surface area contributed by atoms with Gasteiger partial charge in [-0.25, -0.2) is 0 Å². The number of carbonyl (C=O) groups excluding carboxylic acids is 1. The van der Waals surface area contributed by atoms with Gasteiger partial charge in [-0.05, 0) is 56.6 Å². The molecular formula is C21H29BrN2O3. The summed E-state index contributed by atoms with van der Waals surface area (Å²) in [5.74, 6) is -0.334. The van der Waals surface area contributed by atoms with Crippen molar-refractivity contribution in [2.45, 2.75) is 56.4 Å². The maximum atomic E-state index is 13.1. The van der Waals surface area contributed by atoms with Crippen molar-refractivity contribution in [3.05, 3.63) is 34.3 Å². The van der Waals surface area contributed by atoms with Crippen molar-refractivity contribution < 1.29 is 14.3 Å². The maximum Gasteiger partial charge on any atom is 0.253 e. The number of rotatable bonds is 3. The fourth-order valence-corrected chi connectivity index (χ4v) is 5.16. The number of piperidine rings is 1. The fraction of sp³-hybridized carbons (Fsp3) is 0.667. The molecule has 2 saturated heterocycles. The Morgan fingerprint density at radius 1 is 1.15 bits per heavy atom. The van der Waals surface area contributed by atoms with Crippen molar-refractivity contribution in [3.8, 4) is 0 Å². The van der Waals surface area contributed by atoms with E-state index in [0.717, 1.165) is 42.4 Å². The standard InChI is InChI=1S/C21H29BrN2O3/c1-23(20(25)16-5-7-17(22)8-6-16)18-9-10-21(26-13-14-27-21)15-19(18)24-11-3-2-4-12-24/h5-8,18-19H,2-4,9-15H2,1H3/t18-,19-/m1/s1. The van der Waals surface area contributed by atoms with Crippen LogP contribution >= 0.6 is 15.9 Å². The van der Waals surface area contributed by atoms with E-state index < -0.39 is 5.79 Å². The average Bonchev–Trinajstić information content (AvgIpc) is 3.16. The zero-order valence-corrected chi connectivity index (χ0v) is 17.6. The van der Waals surface area contributed by atoms with Crippen LogP contribution in [-0.4, -0.2) is 66.9 Å². The van der Waals surface area contributed by atoms with E-state index in [1.54, 1.807) is 0 Å². The number of halogens is 1. The van der Waals surface area contributed by atoms with Gasteiger partial charge in [0.1, 0.15) is 0 Å². The first-order valence-electron chi connectivity index (χ1n) is 10.1. The van der Waals surface area contributed by atoms with E-state index in [9.17, 15) is 4.79 Å². The summed E-state index contributed by atoms with van der Waals surface area (Å²) < 4.78 is 13.1. The van der Waals surface area contributed by atoms with E-state index >= 15 is 0 Å². The number of hydrogen-bond donors (Lipinski definition) is 0. The van der Waals surface area contributed by atoms with Gasteiger partial charge in [-0.2, -0.15) is 0 Å². The minimum atomic E-state index is -0.430. The molecular weight excluding hydrogens is 408 g/mol. The van der Waals surface area contributed by atoms with Crippen LogP contribution in [0, 0.1) is 0 Å². The van der Waals surface area contributed by atoms with Crippen molar-refractivity contribution in [1.82, 2.24) is 9.80 Å². The number of amides is 1. The lowest BCUT2D eigenvalue weighted by Crippen LogP contribution is -2.59. The van der Waals surface area contributed by atoms with E-state index in [2.05, 4.69) is 20.8 Å². The van der Waals surface area contributed by atoms with Crippen molar-refractivity contribution in [1.29, 1.82) is 0 Å². The smallest absolute Gasteiger partial charge is 0.253 e. The lowest BCUT2D eigenvalue weighted by molar-refractivity contribution is -0.198. The molecule has 1 saturated carbocycles. The number of likely N-dealkylation sites (N-methyl/N-ethyl adjacent to an activating group) is 1. The van der Waals surface area contributed by atoms with Crippen molar-refractivity contribution in [2.24, 2.45) is 0 Å². The molecule has 2 heterocycles. The van der Waals surface area contributed by atoms with Gasteiger partial charge in [-0.1, -0.05) is 22.4 Å². The van der Waals surface area contributed by atoms with E-state index in [0.29, 0.717) is 19.3 Å². The molecule has 0 radical (unpaired) electrons. The first-order chi connectivity index (χ1) is 13.1. The molecule has 2 atom stereocenters. The summed E-state index contributed by atoms with van der Waals surface area (Å²) in [5, 5.41) is 0. The van der Waals surface area contributed by atoms with Gasteiger partial charge in [0.05, 0.1) is 13.2 Å². The second-order valence-corrected chi connectivity index (χ2v) is 8.92. The Hall–Kier alpha value is -0.950. The molecule has 1 spiro atoms. The number of likely N-dealkylation sites (tertiary alicyclic amines) is 1. The van der Waals surface area contributed by atoms with Gasteiger partial charge in [0.25, 0.3) is 5.91 Å². The summed E-state index contributed by atoms with van der Waals surface area (Å²) in [6, 6.07) is 8.14. The molecule has 0 aromatic heterocycles. The molecule has 1 aromatic rings. The lowest BCUT2D eigenvalue weighted by atomic mass is 9.83. The Labute approximate surface area is 170 Å². The molecule has 3 fully saturated rings. The maximum absolute atomic E-state index is 13.1. The summed E-state index contributed by atoms with van der Waals surface area (Å²) in [7, 11) is 1.96. The highest BCUT2D eigenvalue weighted by molar-refractivity contribution is 9.10. The monoisotopic (exact) mass is 436 g/mol. The van der Waals surface area contributed by atoms with Crippen LogP contribution in [0.1, 0.15) is 48.9 Å². The predicted octanol–water partition coefficient (Wildman–Crippen LogP) is 3.67. The number of benzene rings is 1. The number of hydrogen-bond acceptors (Lipinski definition) is 4. The SMILES string of the molecule is CN(C(=O)c1ccc(Br)cc1)[C@@H]1CCC2(C[C@H]1N1CCCCC1)OCCO2. The zero-order valence-electron chi connectivity index (χ0n) is 16.0. The Bertz CT molecular complexity index is 654. The van der Waals surface area contributed by atoms with Crippen LogP contribution in [0.4, 0.5) is 0 Å². The Balaban J connectivity index is 1.54. The molecule has 6 heteroatoms. The van der Waals surface area contributed by atoms with E-state index in [1.807, 2.05) is 36.2 Å². The molecule has 0 unspecified atom stereocenters. The lowest BCUT2D eigenvalue weighted by Gasteiger charge is -2.49. The summed E-state index contributed by atoms with van der Waals surface area (Å²) in [5.41, 5.74) is 0.742. The highest BCUT2D eigenvalue weighted by Crippen LogP contribution is 2.40. The highest BCUT2D eigenvalue weighted by Gasteiger charge is 2.48. The Kier molecular flexibility index (Phi) is 5.88. The van der Waals surface area contributed by atoms with Crippen molar-refractivity contribution in [2.75, 3.05) is 33.4 Å². The molecule has 2 aliphatic heterocycles. The average molecular weight is 437 g/mol. The summed E-state index contributed by atoms with van der Waals surface area (Å²) >= 11 is 3.44. The summed E-state index contributed by atoms with van der Waals surface area (Å²) in [4.78, 5) is 17.7. The number of ether oxygens (including phenoxy) is 2. The van der Waals surface area contributed by atoms with Crippen molar-refractivity contribution in [3.63, 3.8) is 0 Å². The molecule has 148 valence electrons. The molecule has 27 heavy (non-hydrogen) atoms. The third-order valence-corrected chi connectivity index (χ3v) is 6.90. The first kappa shape index (κ1) is 19.4. The molecule has 1 aromatic carbocycles. The molecule has 1 aliphatic carbocycles. The van der Waals surface area contributed by atoms with E-state index in [4.69, 9.17) is 9.47 Å². The molecule has 0 N–H and O–H groups in total. The largest absolute Gasteiger partial charge is 0.347 e. The van der Waals surface area contributed by atoms with Crippen LogP contribution < -0.4 is 0 Å². The summed E-state index contributed by atoms with van der Waals surface area (Å²) in [6.07, 6.45) is 6.42. The van der Waals surface area contributed by atoms with Crippen LogP contribution in [0.15, 0.2) is 28.7 Å². The van der Waals surface area contributed by atoms with Gasteiger partial charge in [0.15, 0.2) is 5.79 Å². The minimum absolute atomic E-state index is 0.0960. The molecule has 0 bridgehead atoms. The Morgan fingerprint density at radius 2 is 1.81 bits per heavy atom. The quantitative estimate of drug-likeness (QED) is 0.724. The second-order valence-electron chi connectivity index (χ2n) is 8.00. The van der Waals surface area contributed by atoms with Crippen LogP contribution in [0.5, 0.6) is 0 Å². The van der Waals surface area contributed by atoms with Crippen LogP contribution in [0.3, 0.4) is 0 Å². The van der Waals surface area contributed by atoms with Gasteiger partial charge in [0.2, 0.25) is 0 Å². The van der Waals surface area contributed by atoms with Crippen LogP contribution in [-0.2, 0) is 9.47 Å². The first-order valence-corrected chi connectivity index (χ1v) is 10.9. The van der Waals surface area contributed by atoms with E-state index in [1.165, 1.54) is 19.3 Å².